The molecular weight excluding hydrogens is 346 g/mol. The van der Waals surface area contributed by atoms with Gasteiger partial charge >= 0.3 is 5.97 Å². The molecule has 1 amide bonds. The molecule has 1 aromatic rings. The molecule has 1 aromatic carbocycles. The predicted octanol–water partition coefficient (Wildman–Crippen LogP) is 2.40. The number of hydrogen-bond donors (Lipinski definition) is 1. The minimum Gasteiger partial charge on any atom is -0.497 e. The summed E-state index contributed by atoms with van der Waals surface area (Å²) in [4.78, 5) is 26.9. The largest absolute Gasteiger partial charge is 0.497 e. The van der Waals surface area contributed by atoms with Crippen molar-refractivity contribution in [2.75, 3.05) is 7.11 Å². The number of carbonyl (C=O) groups excluding carboxylic acids is 1. The van der Waals surface area contributed by atoms with Gasteiger partial charge in [-0.15, -0.1) is 6.58 Å². The first-order valence-corrected chi connectivity index (χ1v) is 9.05. The molecule has 4 rings (SSSR count). The molecule has 3 aliphatic heterocycles. The first-order chi connectivity index (χ1) is 12.9. The zero-order valence-corrected chi connectivity index (χ0v) is 15.4. The van der Waals surface area contributed by atoms with Crippen LogP contribution in [0.1, 0.15) is 18.9 Å². The third kappa shape index (κ3) is 2.58. The molecule has 1 N–H and O–H groups in total. The minimum absolute atomic E-state index is 0.156. The summed E-state index contributed by atoms with van der Waals surface area (Å²) in [7, 11) is 1.61. The second kappa shape index (κ2) is 6.23. The average Bonchev–Trinajstić information content (AvgIpc) is 3.27. The number of methoxy groups -OCH3 is 1. The Morgan fingerprint density at radius 3 is 2.67 bits per heavy atom. The molecule has 0 radical (unpaired) electrons. The van der Waals surface area contributed by atoms with Gasteiger partial charge in [0.05, 0.1) is 25.2 Å². The van der Waals surface area contributed by atoms with Crippen molar-refractivity contribution in [3.05, 3.63) is 54.1 Å². The molecule has 3 heterocycles. The van der Waals surface area contributed by atoms with Crippen molar-refractivity contribution in [3.8, 4) is 5.75 Å². The summed E-state index contributed by atoms with van der Waals surface area (Å²) < 4.78 is 11.3. The first-order valence-electron chi connectivity index (χ1n) is 9.05. The monoisotopic (exact) mass is 369 g/mol. The number of likely N-dealkylation sites (tertiary alicyclic amines) is 1. The van der Waals surface area contributed by atoms with Gasteiger partial charge in [0.15, 0.2) is 0 Å². The Bertz CT molecular complexity index is 829. The smallest absolute Gasteiger partial charge is 0.310 e. The molecule has 1 spiro atoms. The lowest BCUT2D eigenvalue weighted by atomic mass is 9.74. The Morgan fingerprint density at radius 1 is 1.37 bits per heavy atom. The van der Waals surface area contributed by atoms with Crippen molar-refractivity contribution >= 4 is 11.9 Å². The van der Waals surface area contributed by atoms with E-state index in [9.17, 15) is 14.7 Å². The zero-order chi connectivity index (χ0) is 19.3. The predicted molar refractivity (Wildman–Crippen MR) is 98.1 cm³/mol. The molecule has 5 atom stereocenters. The molecule has 0 aromatic heterocycles. The molecular formula is C21H23NO5. The van der Waals surface area contributed by atoms with E-state index in [0.29, 0.717) is 13.0 Å². The van der Waals surface area contributed by atoms with Gasteiger partial charge in [-0.1, -0.05) is 29.9 Å². The maximum atomic E-state index is 13.3. The van der Waals surface area contributed by atoms with E-state index in [0.717, 1.165) is 16.9 Å². The van der Waals surface area contributed by atoms with Crippen LogP contribution in [-0.4, -0.2) is 46.7 Å². The highest BCUT2D eigenvalue weighted by Crippen LogP contribution is 2.56. The van der Waals surface area contributed by atoms with Gasteiger partial charge < -0.3 is 19.5 Å². The number of carbonyl (C=O) groups is 2. The van der Waals surface area contributed by atoms with Crippen LogP contribution in [0.3, 0.4) is 0 Å². The lowest BCUT2D eigenvalue weighted by Crippen LogP contribution is -2.45. The van der Waals surface area contributed by atoms with Crippen molar-refractivity contribution in [3.63, 3.8) is 0 Å². The van der Waals surface area contributed by atoms with E-state index < -0.39 is 29.5 Å². The number of hydrogen-bond acceptors (Lipinski definition) is 4. The van der Waals surface area contributed by atoms with Gasteiger partial charge in [0.2, 0.25) is 5.91 Å². The summed E-state index contributed by atoms with van der Waals surface area (Å²) in [5.41, 5.74) is 1.01. The fourth-order valence-electron chi connectivity index (χ4n) is 4.72. The number of amides is 1. The average molecular weight is 369 g/mol. The van der Waals surface area contributed by atoms with Crippen LogP contribution in [0.5, 0.6) is 5.75 Å². The number of carboxylic acid groups (broad SMARTS) is 1. The lowest BCUT2D eigenvalue weighted by molar-refractivity contribution is -0.148. The maximum absolute atomic E-state index is 13.3. The molecule has 3 aliphatic rings. The Hall–Kier alpha value is -2.60. The second-order valence-electron chi connectivity index (χ2n) is 7.63. The maximum Gasteiger partial charge on any atom is 0.310 e. The van der Waals surface area contributed by atoms with Gasteiger partial charge in [0, 0.05) is 6.54 Å². The molecule has 6 heteroatoms. The van der Waals surface area contributed by atoms with Gasteiger partial charge in [0.25, 0.3) is 0 Å². The normalized spacial score (nSPS) is 33.4. The van der Waals surface area contributed by atoms with Crippen LogP contribution >= 0.6 is 0 Å². The van der Waals surface area contributed by atoms with Crippen molar-refractivity contribution in [1.82, 2.24) is 4.90 Å². The number of carboxylic acids is 1. The minimum atomic E-state index is -0.982. The number of aliphatic carboxylic acids is 1. The van der Waals surface area contributed by atoms with Gasteiger partial charge in [-0.05, 0) is 31.0 Å². The molecule has 2 saturated heterocycles. The highest BCUT2D eigenvalue weighted by molar-refractivity contribution is 5.91. The van der Waals surface area contributed by atoms with Crippen LogP contribution < -0.4 is 4.74 Å². The Labute approximate surface area is 158 Å². The fraction of sp³-hybridized carbons (Fsp3) is 0.429. The Balaban J connectivity index is 1.70. The standard InChI is InChI=1S/C21H23NO5/c1-12(2)10-16-21-9-8-15(27-21)17(20(24)25)18(21)19(23)22(16)11-13-4-6-14(26-3)7-5-13/h4-9,15-18H,1,10-11H2,2-3H3,(H,24,25)/t15-,16-,17+,18-,21+/m1/s1. The highest BCUT2D eigenvalue weighted by atomic mass is 16.5. The van der Waals surface area contributed by atoms with Crippen molar-refractivity contribution in [2.45, 2.75) is 37.6 Å². The molecule has 2 bridgehead atoms. The van der Waals surface area contributed by atoms with Crippen LogP contribution in [-0.2, 0) is 20.9 Å². The Morgan fingerprint density at radius 2 is 2.07 bits per heavy atom. The van der Waals surface area contributed by atoms with Gasteiger partial charge in [0.1, 0.15) is 17.3 Å². The summed E-state index contributed by atoms with van der Waals surface area (Å²) in [6.45, 7) is 6.32. The molecule has 2 fully saturated rings. The molecule has 6 nitrogen and oxygen atoms in total. The van der Waals surface area contributed by atoms with E-state index in [4.69, 9.17) is 9.47 Å². The fourth-order valence-corrected chi connectivity index (χ4v) is 4.72. The number of nitrogens with zero attached hydrogens (tertiary/aromatic N) is 1. The molecule has 27 heavy (non-hydrogen) atoms. The third-order valence-corrected chi connectivity index (χ3v) is 5.87. The van der Waals surface area contributed by atoms with Crippen LogP contribution in [0.2, 0.25) is 0 Å². The molecule has 142 valence electrons. The van der Waals surface area contributed by atoms with E-state index in [1.807, 2.05) is 37.3 Å². The van der Waals surface area contributed by atoms with Crippen LogP contribution in [0.4, 0.5) is 0 Å². The molecule has 0 saturated carbocycles. The molecule has 0 aliphatic carbocycles. The number of rotatable bonds is 6. The summed E-state index contributed by atoms with van der Waals surface area (Å²) in [6.07, 6.45) is 3.74. The summed E-state index contributed by atoms with van der Waals surface area (Å²) in [6, 6.07) is 7.27. The van der Waals surface area contributed by atoms with E-state index in [2.05, 4.69) is 6.58 Å². The number of benzene rings is 1. The second-order valence-corrected chi connectivity index (χ2v) is 7.63. The molecule has 0 unspecified atom stereocenters. The topological polar surface area (TPSA) is 76.1 Å². The number of fused-ring (bicyclic) bond motifs is 1. The highest BCUT2D eigenvalue weighted by Gasteiger charge is 2.70. The SMILES string of the molecule is C=C(C)C[C@H]1N(Cc2ccc(OC)cc2)C(=O)[C@H]2[C@@H](C(=O)O)[C@H]3C=C[C@@]21O3. The van der Waals surface area contributed by atoms with E-state index in [1.54, 1.807) is 18.1 Å². The lowest BCUT2D eigenvalue weighted by Gasteiger charge is -2.33. The Kier molecular flexibility index (Phi) is 4.11. The van der Waals surface area contributed by atoms with Crippen LogP contribution in [0, 0.1) is 11.8 Å². The van der Waals surface area contributed by atoms with Gasteiger partial charge in [-0.2, -0.15) is 0 Å². The zero-order valence-electron chi connectivity index (χ0n) is 15.4. The van der Waals surface area contributed by atoms with Gasteiger partial charge in [-0.3, -0.25) is 9.59 Å². The van der Waals surface area contributed by atoms with E-state index in [-0.39, 0.29) is 11.9 Å². The van der Waals surface area contributed by atoms with Gasteiger partial charge in [-0.25, -0.2) is 0 Å². The van der Waals surface area contributed by atoms with Crippen LogP contribution in [0.25, 0.3) is 0 Å². The summed E-state index contributed by atoms with van der Waals surface area (Å²) >= 11 is 0. The summed E-state index contributed by atoms with van der Waals surface area (Å²) in [5, 5.41) is 9.68. The van der Waals surface area contributed by atoms with Crippen molar-refractivity contribution < 1.29 is 24.2 Å². The van der Waals surface area contributed by atoms with Crippen molar-refractivity contribution in [2.24, 2.45) is 11.8 Å². The summed E-state index contributed by atoms with van der Waals surface area (Å²) in [5.74, 6) is -1.92. The first kappa shape index (κ1) is 17.8. The van der Waals surface area contributed by atoms with E-state index in [1.165, 1.54) is 0 Å². The van der Waals surface area contributed by atoms with Crippen molar-refractivity contribution in [1.29, 1.82) is 0 Å². The van der Waals surface area contributed by atoms with E-state index >= 15 is 0 Å². The quantitative estimate of drug-likeness (QED) is 0.780. The van der Waals surface area contributed by atoms with Crippen LogP contribution in [0.15, 0.2) is 48.6 Å². The third-order valence-electron chi connectivity index (χ3n) is 5.87. The number of ether oxygens (including phenoxy) is 2.